The van der Waals surface area contributed by atoms with E-state index in [-0.39, 0.29) is 6.04 Å². The van der Waals surface area contributed by atoms with Crippen molar-refractivity contribution in [1.29, 1.82) is 0 Å². The number of carbonyl (C=O) groups excluding carboxylic acids is 1. The van der Waals surface area contributed by atoms with Gasteiger partial charge < -0.3 is 10.2 Å². The predicted octanol–water partition coefficient (Wildman–Crippen LogP) is 2.41. The second-order valence-electron chi connectivity index (χ2n) is 6.01. The fraction of sp³-hybridized carbons (Fsp3) is 0.933. The molecule has 3 heteroatoms. The SMILES string of the molecule is CCC1CCNC(C(=O)N2CCCC(CC)C2)C1. The summed E-state index contributed by atoms with van der Waals surface area (Å²) in [5.74, 6) is 1.84. The van der Waals surface area contributed by atoms with Gasteiger partial charge >= 0.3 is 0 Å². The minimum absolute atomic E-state index is 0.0966. The van der Waals surface area contributed by atoms with Crippen LogP contribution < -0.4 is 5.32 Å². The first-order valence-electron chi connectivity index (χ1n) is 7.76. The fourth-order valence-electron chi connectivity index (χ4n) is 3.37. The highest BCUT2D eigenvalue weighted by Gasteiger charge is 2.31. The van der Waals surface area contributed by atoms with Crippen LogP contribution in [0.15, 0.2) is 0 Å². The minimum Gasteiger partial charge on any atom is -0.341 e. The molecule has 1 N–H and O–H groups in total. The zero-order chi connectivity index (χ0) is 13.0. The Morgan fingerprint density at radius 2 is 2.00 bits per heavy atom. The number of rotatable bonds is 3. The van der Waals surface area contributed by atoms with Crippen molar-refractivity contribution in [3.05, 3.63) is 0 Å². The van der Waals surface area contributed by atoms with Crippen molar-refractivity contribution < 1.29 is 4.79 Å². The van der Waals surface area contributed by atoms with Crippen LogP contribution in [0, 0.1) is 11.8 Å². The summed E-state index contributed by atoms with van der Waals surface area (Å²) in [6.07, 6.45) is 7.19. The Kier molecular flexibility index (Phi) is 5.04. The maximum Gasteiger partial charge on any atom is 0.239 e. The summed E-state index contributed by atoms with van der Waals surface area (Å²) in [6.45, 7) is 7.46. The lowest BCUT2D eigenvalue weighted by molar-refractivity contribution is -0.136. The molecule has 3 atom stereocenters. The van der Waals surface area contributed by atoms with E-state index in [2.05, 4.69) is 24.1 Å². The molecule has 0 aromatic rings. The maximum atomic E-state index is 12.5. The molecule has 2 saturated heterocycles. The molecule has 3 unspecified atom stereocenters. The highest BCUT2D eigenvalue weighted by molar-refractivity contribution is 5.82. The van der Waals surface area contributed by atoms with Crippen molar-refractivity contribution in [2.75, 3.05) is 19.6 Å². The van der Waals surface area contributed by atoms with Crippen LogP contribution in [0.2, 0.25) is 0 Å². The third-order valence-electron chi connectivity index (χ3n) is 4.80. The normalized spacial score (nSPS) is 33.4. The maximum absolute atomic E-state index is 12.5. The van der Waals surface area contributed by atoms with Crippen molar-refractivity contribution >= 4 is 5.91 Å². The molecule has 0 bridgehead atoms. The third-order valence-corrected chi connectivity index (χ3v) is 4.80. The Hall–Kier alpha value is -0.570. The number of likely N-dealkylation sites (tertiary alicyclic amines) is 1. The van der Waals surface area contributed by atoms with E-state index in [4.69, 9.17) is 0 Å². The Morgan fingerprint density at radius 3 is 2.72 bits per heavy atom. The van der Waals surface area contributed by atoms with Gasteiger partial charge in [0.05, 0.1) is 6.04 Å². The summed E-state index contributed by atoms with van der Waals surface area (Å²) in [7, 11) is 0. The lowest BCUT2D eigenvalue weighted by Gasteiger charge is -2.37. The van der Waals surface area contributed by atoms with Gasteiger partial charge in [0.15, 0.2) is 0 Å². The largest absolute Gasteiger partial charge is 0.341 e. The van der Waals surface area contributed by atoms with Crippen LogP contribution in [-0.2, 0) is 4.79 Å². The molecule has 3 nitrogen and oxygen atoms in total. The zero-order valence-electron chi connectivity index (χ0n) is 12.0. The minimum atomic E-state index is 0.0966. The molecule has 0 aromatic heterocycles. The highest BCUT2D eigenvalue weighted by atomic mass is 16.2. The molecular formula is C15H28N2O. The lowest BCUT2D eigenvalue weighted by atomic mass is 9.89. The van der Waals surface area contributed by atoms with E-state index < -0.39 is 0 Å². The summed E-state index contributed by atoms with van der Waals surface area (Å²) in [5, 5.41) is 3.42. The molecule has 0 radical (unpaired) electrons. The third kappa shape index (κ3) is 3.25. The molecule has 1 amide bonds. The summed E-state index contributed by atoms with van der Waals surface area (Å²) in [5.41, 5.74) is 0. The molecule has 2 heterocycles. The van der Waals surface area contributed by atoms with Gasteiger partial charge in [-0.15, -0.1) is 0 Å². The highest BCUT2D eigenvalue weighted by Crippen LogP contribution is 2.24. The van der Waals surface area contributed by atoms with Crippen molar-refractivity contribution in [2.24, 2.45) is 11.8 Å². The van der Waals surface area contributed by atoms with Gasteiger partial charge in [-0.05, 0) is 44.1 Å². The number of nitrogens with one attached hydrogen (secondary N) is 1. The summed E-state index contributed by atoms with van der Waals surface area (Å²) in [4.78, 5) is 14.7. The number of hydrogen-bond acceptors (Lipinski definition) is 2. The average molecular weight is 252 g/mol. The quantitative estimate of drug-likeness (QED) is 0.836. The average Bonchev–Trinajstić information content (AvgIpc) is 2.46. The number of carbonyl (C=O) groups is 1. The Balaban J connectivity index is 1.89. The number of hydrogen-bond donors (Lipinski definition) is 1. The lowest BCUT2D eigenvalue weighted by Crippen LogP contribution is -2.52. The molecule has 18 heavy (non-hydrogen) atoms. The standard InChI is InChI=1S/C15H28N2O/c1-3-12-7-8-16-14(10-12)15(18)17-9-5-6-13(4-2)11-17/h12-14,16H,3-11H2,1-2H3. The second-order valence-corrected chi connectivity index (χ2v) is 6.01. The van der Waals surface area contributed by atoms with E-state index in [1.165, 1.54) is 32.1 Å². The topological polar surface area (TPSA) is 32.3 Å². The molecule has 2 aliphatic rings. The van der Waals surface area contributed by atoms with E-state index >= 15 is 0 Å². The smallest absolute Gasteiger partial charge is 0.239 e. The Labute approximate surface area is 111 Å². The van der Waals surface area contributed by atoms with Gasteiger partial charge in [-0.2, -0.15) is 0 Å². The van der Waals surface area contributed by atoms with Gasteiger partial charge in [-0.3, -0.25) is 4.79 Å². The fourth-order valence-corrected chi connectivity index (χ4v) is 3.37. The van der Waals surface area contributed by atoms with Crippen LogP contribution in [0.3, 0.4) is 0 Å². The van der Waals surface area contributed by atoms with Crippen molar-refractivity contribution in [3.8, 4) is 0 Å². The number of amides is 1. The van der Waals surface area contributed by atoms with E-state index in [0.29, 0.717) is 5.91 Å². The summed E-state index contributed by atoms with van der Waals surface area (Å²) in [6, 6.07) is 0.0966. The molecule has 2 aliphatic heterocycles. The van der Waals surface area contributed by atoms with Crippen LogP contribution >= 0.6 is 0 Å². The van der Waals surface area contributed by atoms with Gasteiger partial charge in [0.1, 0.15) is 0 Å². The van der Waals surface area contributed by atoms with Gasteiger partial charge in [0.2, 0.25) is 5.91 Å². The first-order valence-corrected chi connectivity index (χ1v) is 7.76. The van der Waals surface area contributed by atoms with Gasteiger partial charge in [0.25, 0.3) is 0 Å². The van der Waals surface area contributed by atoms with Crippen molar-refractivity contribution in [2.45, 2.75) is 58.4 Å². The molecule has 0 aliphatic carbocycles. The molecule has 0 saturated carbocycles. The van der Waals surface area contributed by atoms with Crippen LogP contribution in [0.1, 0.15) is 52.4 Å². The number of piperidine rings is 2. The van der Waals surface area contributed by atoms with E-state index in [9.17, 15) is 4.79 Å². The molecule has 2 fully saturated rings. The van der Waals surface area contributed by atoms with Gasteiger partial charge in [0, 0.05) is 13.1 Å². The van der Waals surface area contributed by atoms with Gasteiger partial charge in [-0.25, -0.2) is 0 Å². The monoisotopic (exact) mass is 252 g/mol. The van der Waals surface area contributed by atoms with Crippen molar-refractivity contribution in [1.82, 2.24) is 10.2 Å². The molecule has 2 rings (SSSR count). The Morgan fingerprint density at radius 1 is 1.22 bits per heavy atom. The van der Waals surface area contributed by atoms with Gasteiger partial charge in [-0.1, -0.05) is 26.7 Å². The summed E-state index contributed by atoms with van der Waals surface area (Å²) < 4.78 is 0. The number of nitrogens with zero attached hydrogens (tertiary/aromatic N) is 1. The predicted molar refractivity (Wildman–Crippen MR) is 74.4 cm³/mol. The molecule has 0 aromatic carbocycles. The molecule has 104 valence electrons. The van der Waals surface area contributed by atoms with Crippen LogP contribution in [0.25, 0.3) is 0 Å². The zero-order valence-corrected chi connectivity index (χ0v) is 12.0. The first kappa shape index (κ1) is 13.9. The van der Waals surface area contributed by atoms with E-state index in [0.717, 1.165) is 37.9 Å². The van der Waals surface area contributed by atoms with Crippen LogP contribution in [-0.4, -0.2) is 36.5 Å². The molecular weight excluding hydrogens is 224 g/mol. The van der Waals surface area contributed by atoms with Crippen LogP contribution in [0.5, 0.6) is 0 Å². The molecule has 0 spiro atoms. The van der Waals surface area contributed by atoms with E-state index in [1.807, 2.05) is 0 Å². The second kappa shape index (κ2) is 6.55. The van der Waals surface area contributed by atoms with Crippen LogP contribution in [0.4, 0.5) is 0 Å². The Bertz CT molecular complexity index is 254. The van der Waals surface area contributed by atoms with Crippen molar-refractivity contribution in [3.63, 3.8) is 0 Å². The van der Waals surface area contributed by atoms with E-state index in [1.54, 1.807) is 0 Å². The first-order chi connectivity index (χ1) is 8.74. The summed E-state index contributed by atoms with van der Waals surface area (Å²) >= 11 is 0.